The minimum absolute atomic E-state index is 0.0789. The number of amides is 1. The van der Waals surface area contributed by atoms with Gasteiger partial charge in [-0.25, -0.2) is 4.79 Å². The quantitative estimate of drug-likeness (QED) is 0.584. The summed E-state index contributed by atoms with van der Waals surface area (Å²) in [4.78, 5) is 14.0. The third-order valence-corrected chi connectivity index (χ3v) is 4.45. The molecule has 1 aromatic rings. The maximum absolute atomic E-state index is 12.6. The van der Waals surface area contributed by atoms with Crippen LogP contribution >= 0.6 is 0 Å². The minimum atomic E-state index is -0.573. The molecule has 2 rings (SSSR count). The van der Waals surface area contributed by atoms with Crippen LogP contribution in [0.1, 0.15) is 32.3 Å². The summed E-state index contributed by atoms with van der Waals surface area (Å²) in [7, 11) is 0. The van der Waals surface area contributed by atoms with Crippen LogP contribution in [0.4, 0.5) is 4.79 Å². The monoisotopic (exact) mass is 319 g/mol. The summed E-state index contributed by atoms with van der Waals surface area (Å²) < 4.78 is 5.40. The number of benzene rings is 1. The Labute approximate surface area is 136 Å². The van der Waals surface area contributed by atoms with Crippen LogP contribution in [0.15, 0.2) is 30.3 Å². The average Bonchev–Trinajstić information content (AvgIpc) is 2.52. The second kappa shape index (κ2) is 7.00. The standard InChI is InChI=1S/C17H25N3O3/c1-17(2)9-8-13(10-21)20(14(17)15(18)19)16(22)23-11-12-6-4-3-5-7-12/h3-7,13-14,21H,8-11H2,1-2H3,(H3,18,19)/t13-,14?/m1/s1. The van der Waals surface area contributed by atoms with Gasteiger partial charge in [0.25, 0.3) is 0 Å². The molecule has 0 spiro atoms. The average molecular weight is 319 g/mol. The second-order valence-corrected chi connectivity index (χ2v) is 6.67. The summed E-state index contributed by atoms with van der Waals surface area (Å²) in [5, 5.41) is 17.5. The van der Waals surface area contributed by atoms with Gasteiger partial charge in [0, 0.05) is 0 Å². The van der Waals surface area contributed by atoms with E-state index in [-0.39, 0.29) is 30.5 Å². The number of piperidine rings is 1. The van der Waals surface area contributed by atoms with Crippen LogP contribution in [0.5, 0.6) is 0 Å². The number of aliphatic hydroxyl groups excluding tert-OH is 1. The summed E-state index contributed by atoms with van der Waals surface area (Å²) >= 11 is 0. The molecule has 126 valence electrons. The fraction of sp³-hybridized carbons (Fsp3) is 0.529. The first-order valence-corrected chi connectivity index (χ1v) is 7.80. The van der Waals surface area contributed by atoms with Gasteiger partial charge in [0.15, 0.2) is 0 Å². The van der Waals surface area contributed by atoms with Gasteiger partial charge in [-0.1, -0.05) is 44.2 Å². The molecule has 1 unspecified atom stereocenters. The maximum atomic E-state index is 12.6. The number of nitrogens with two attached hydrogens (primary N) is 1. The molecule has 1 fully saturated rings. The Morgan fingerprint density at radius 2 is 2.09 bits per heavy atom. The van der Waals surface area contributed by atoms with Crippen molar-refractivity contribution in [3.8, 4) is 0 Å². The van der Waals surface area contributed by atoms with Gasteiger partial charge in [0.05, 0.1) is 18.7 Å². The van der Waals surface area contributed by atoms with Gasteiger partial charge in [-0.05, 0) is 23.8 Å². The first kappa shape index (κ1) is 17.3. The third-order valence-electron chi connectivity index (χ3n) is 4.45. The number of rotatable bonds is 4. The Kier molecular flexibility index (Phi) is 5.26. The Morgan fingerprint density at radius 1 is 1.43 bits per heavy atom. The minimum Gasteiger partial charge on any atom is -0.445 e. The Morgan fingerprint density at radius 3 is 2.65 bits per heavy atom. The van der Waals surface area contributed by atoms with E-state index < -0.39 is 12.1 Å². The lowest BCUT2D eigenvalue weighted by Crippen LogP contribution is -2.62. The fourth-order valence-corrected chi connectivity index (χ4v) is 3.20. The van der Waals surface area contributed by atoms with Crippen LogP contribution in [-0.4, -0.2) is 40.6 Å². The molecule has 2 atom stereocenters. The lowest BCUT2D eigenvalue weighted by atomic mass is 9.74. The molecule has 1 aliphatic rings. The van der Waals surface area contributed by atoms with Crippen LogP contribution in [0.2, 0.25) is 0 Å². The van der Waals surface area contributed by atoms with Gasteiger partial charge < -0.3 is 15.6 Å². The van der Waals surface area contributed by atoms with Crippen LogP contribution < -0.4 is 5.73 Å². The molecule has 0 bridgehead atoms. The van der Waals surface area contributed by atoms with Gasteiger partial charge in [-0.15, -0.1) is 0 Å². The Bertz CT molecular complexity index is 559. The normalized spacial score (nSPS) is 23.3. The summed E-state index contributed by atoms with van der Waals surface area (Å²) in [6.45, 7) is 3.94. The van der Waals surface area contributed by atoms with E-state index in [2.05, 4.69) is 0 Å². The van der Waals surface area contributed by atoms with Crippen molar-refractivity contribution in [2.24, 2.45) is 11.1 Å². The largest absolute Gasteiger partial charge is 0.445 e. The number of hydrogen-bond acceptors (Lipinski definition) is 4. The molecular formula is C17H25N3O3. The zero-order chi connectivity index (χ0) is 17.0. The van der Waals surface area contributed by atoms with Gasteiger partial charge in [0.1, 0.15) is 12.4 Å². The summed E-state index contributed by atoms with van der Waals surface area (Å²) in [5.74, 6) is -0.0789. The van der Waals surface area contributed by atoms with Crippen LogP contribution in [0.25, 0.3) is 0 Å². The number of aliphatic hydroxyl groups is 1. The van der Waals surface area contributed by atoms with Crippen molar-refractivity contribution in [3.63, 3.8) is 0 Å². The van der Waals surface area contributed by atoms with Gasteiger partial charge in [0.2, 0.25) is 0 Å². The van der Waals surface area contributed by atoms with Crippen molar-refractivity contribution < 1.29 is 14.6 Å². The van der Waals surface area contributed by atoms with E-state index in [4.69, 9.17) is 15.9 Å². The third kappa shape index (κ3) is 3.82. The number of nitrogens with zero attached hydrogens (tertiary/aromatic N) is 1. The zero-order valence-corrected chi connectivity index (χ0v) is 13.7. The van der Waals surface area contributed by atoms with Crippen LogP contribution in [0.3, 0.4) is 0 Å². The molecule has 1 aliphatic heterocycles. The van der Waals surface area contributed by atoms with Crippen molar-refractivity contribution in [3.05, 3.63) is 35.9 Å². The van der Waals surface area contributed by atoms with E-state index in [0.717, 1.165) is 12.0 Å². The number of hydrogen-bond donors (Lipinski definition) is 3. The molecule has 1 saturated heterocycles. The molecule has 1 heterocycles. The van der Waals surface area contributed by atoms with Gasteiger partial charge >= 0.3 is 6.09 Å². The lowest BCUT2D eigenvalue weighted by molar-refractivity contribution is -0.00319. The highest BCUT2D eigenvalue weighted by molar-refractivity contribution is 5.87. The number of carbonyl (C=O) groups is 1. The van der Waals surface area contributed by atoms with Gasteiger partial charge in [-0.2, -0.15) is 0 Å². The first-order valence-electron chi connectivity index (χ1n) is 7.80. The predicted molar refractivity (Wildman–Crippen MR) is 88.1 cm³/mol. The Balaban J connectivity index is 2.16. The van der Waals surface area contributed by atoms with E-state index in [1.807, 2.05) is 44.2 Å². The molecule has 6 heteroatoms. The lowest BCUT2D eigenvalue weighted by Gasteiger charge is -2.48. The SMILES string of the molecule is CC1(C)CC[C@H](CO)N(C(=O)OCc2ccccc2)C1C(=N)N. The number of amidine groups is 1. The molecule has 0 aliphatic carbocycles. The highest BCUT2D eigenvalue weighted by atomic mass is 16.6. The topological polar surface area (TPSA) is 99.6 Å². The van der Waals surface area contributed by atoms with Crippen molar-refractivity contribution in [1.29, 1.82) is 5.41 Å². The van der Waals surface area contributed by atoms with E-state index in [0.29, 0.717) is 6.42 Å². The van der Waals surface area contributed by atoms with Crippen molar-refractivity contribution in [1.82, 2.24) is 4.90 Å². The second-order valence-electron chi connectivity index (χ2n) is 6.67. The maximum Gasteiger partial charge on any atom is 0.411 e. The molecule has 4 N–H and O–H groups in total. The van der Waals surface area contributed by atoms with Crippen molar-refractivity contribution in [2.45, 2.75) is 45.4 Å². The highest BCUT2D eigenvalue weighted by Crippen LogP contribution is 2.38. The summed E-state index contributed by atoms with van der Waals surface area (Å²) in [6, 6.07) is 8.45. The van der Waals surface area contributed by atoms with E-state index >= 15 is 0 Å². The molecule has 6 nitrogen and oxygen atoms in total. The summed E-state index contributed by atoms with van der Waals surface area (Å²) in [6.07, 6.45) is 0.902. The number of nitrogens with one attached hydrogen (secondary N) is 1. The zero-order valence-electron chi connectivity index (χ0n) is 13.7. The Hall–Kier alpha value is -2.08. The van der Waals surface area contributed by atoms with Crippen LogP contribution in [0, 0.1) is 10.8 Å². The highest BCUT2D eigenvalue weighted by Gasteiger charge is 2.46. The van der Waals surface area contributed by atoms with Crippen LogP contribution in [-0.2, 0) is 11.3 Å². The fourth-order valence-electron chi connectivity index (χ4n) is 3.20. The smallest absolute Gasteiger partial charge is 0.411 e. The molecule has 0 saturated carbocycles. The van der Waals surface area contributed by atoms with Crippen molar-refractivity contribution in [2.75, 3.05) is 6.61 Å². The van der Waals surface area contributed by atoms with E-state index in [1.165, 1.54) is 4.90 Å². The number of carbonyl (C=O) groups excluding carboxylic acids is 1. The predicted octanol–water partition coefficient (Wildman–Crippen LogP) is 2.11. The van der Waals surface area contributed by atoms with Gasteiger partial charge in [-0.3, -0.25) is 10.3 Å². The van der Waals surface area contributed by atoms with E-state index in [9.17, 15) is 9.90 Å². The molecule has 0 radical (unpaired) electrons. The van der Waals surface area contributed by atoms with Crippen molar-refractivity contribution >= 4 is 11.9 Å². The molecule has 1 aromatic carbocycles. The first-order chi connectivity index (χ1) is 10.9. The summed E-state index contributed by atoms with van der Waals surface area (Å²) in [5.41, 5.74) is 6.30. The molecule has 0 aromatic heterocycles. The molecular weight excluding hydrogens is 294 g/mol. The number of likely N-dealkylation sites (tertiary alicyclic amines) is 1. The van der Waals surface area contributed by atoms with E-state index in [1.54, 1.807) is 0 Å². The number of ether oxygens (including phenoxy) is 1. The molecule has 23 heavy (non-hydrogen) atoms. The molecule has 1 amide bonds.